The Labute approximate surface area is 188 Å². The van der Waals surface area contributed by atoms with Crippen LogP contribution in [-0.2, 0) is 19.6 Å². The van der Waals surface area contributed by atoms with Gasteiger partial charge in [0.2, 0.25) is 0 Å². The normalized spacial score (nSPS) is 11.4. The largest absolute Gasteiger partial charge is 0.308 e. The van der Waals surface area contributed by atoms with Gasteiger partial charge in [-0.3, -0.25) is 24.8 Å². The quantitative estimate of drug-likeness (QED) is 0.398. The third-order valence-electron chi connectivity index (χ3n) is 5.16. The van der Waals surface area contributed by atoms with E-state index in [1.54, 1.807) is 18.6 Å². The zero-order valence-corrected chi connectivity index (χ0v) is 18.3. The maximum Gasteiger partial charge on any atom is 0.268 e. The number of aryl methyl sites for hydroxylation is 1. The first kappa shape index (κ1) is 20.2. The van der Waals surface area contributed by atoms with Crippen LogP contribution in [0.4, 0.5) is 0 Å². The van der Waals surface area contributed by atoms with Crippen LogP contribution in [0.25, 0.3) is 20.7 Å². The number of hydrogen-bond acceptors (Lipinski definition) is 7. The van der Waals surface area contributed by atoms with Crippen molar-refractivity contribution in [3.63, 3.8) is 0 Å². The molecule has 0 bridgehead atoms. The second-order valence-corrected chi connectivity index (χ2v) is 8.67. The van der Waals surface area contributed by atoms with Crippen LogP contribution < -0.4 is 5.56 Å². The molecule has 5 rings (SSSR count). The molecule has 0 atom stereocenters. The van der Waals surface area contributed by atoms with Gasteiger partial charge in [0.05, 0.1) is 18.3 Å². The van der Waals surface area contributed by atoms with Crippen molar-refractivity contribution in [2.45, 2.75) is 26.6 Å². The minimum atomic E-state index is -0.120. The van der Waals surface area contributed by atoms with Crippen LogP contribution in [0.2, 0.25) is 0 Å². The molecule has 5 aromatic rings. The van der Waals surface area contributed by atoms with Crippen LogP contribution in [0.1, 0.15) is 22.6 Å². The zero-order valence-electron chi connectivity index (χ0n) is 17.4. The Bertz CT molecular complexity index is 1350. The molecule has 0 aliphatic rings. The van der Waals surface area contributed by atoms with Crippen LogP contribution >= 0.6 is 11.3 Å². The lowest BCUT2D eigenvalue weighted by Gasteiger charge is -2.21. The lowest BCUT2D eigenvalue weighted by molar-refractivity contribution is 0.241. The molecule has 160 valence electrons. The number of rotatable bonds is 7. The highest BCUT2D eigenvalue weighted by Crippen LogP contribution is 2.32. The van der Waals surface area contributed by atoms with Crippen molar-refractivity contribution in [1.82, 2.24) is 35.0 Å². The van der Waals surface area contributed by atoms with Crippen LogP contribution in [0, 0.1) is 6.92 Å². The van der Waals surface area contributed by atoms with Crippen LogP contribution in [0.3, 0.4) is 0 Å². The Morgan fingerprint density at radius 3 is 2.31 bits per heavy atom. The molecule has 0 aliphatic carbocycles. The molecular formula is C23H21N7OS. The van der Waals surface area contributed by atoms with Gasteiger partial charge in [-0.1, -0.05) is 12.1 Å². The number of aromatic amines is 2. The molecule has 0 aromatic carbocycles. The average Bonchev–Trinajstić information content (AvgIpc) is 3.41. The third-order valence-corrected chi connectivity index (χ3v) is 6.31. The number of hydrogen-bond donors (Lipinski definition) is 2. The number of nitrogens with zero attached hydrogens (tertiary/aromatic N) is 5. The van der Waals surface area contributed by atoms with E-state index in [1.807, 2.05) is 49.6 Å². The number of pyridine rings is 2. The standard InChI is InChI=1S/C23H21N7OS/c1-15-18(11-26-29-15)20-8-19-22(32-20)23(31)28-21(27-19)14-30(12-16-4-2-6-24-9-16)13-17-5-3-7-25-10-17/h2-11H,12-14H2,1H3,(H,26,29)(H,27,28,31). The SMILES string of the molecule is Cc1[nH]ncc1-c1cc2nc(CN(Cc3cccnc3)Cc3cccnc3)[nH]c(=O)c2s1. The molecule has 8 nitrogen and oxygen atoms in total. The van der Waals surface area contributed by atoms with E-state index in [2.05, 4.69) is 30.0 Å². The molecule has 0 spiro atoms. The van der Waals surface area contributed by atoms with E-state index < -0.39 is 0 Å². The fourth-order valence-electron chi connectivity index (χ4n) is 3.67. The second-order valence-electron chi connectivity index (χ2n) is 7.61. The summed E-state index contributed by atoms with van der Waals surface area (Å²) in [5, 5.41) is 7.03. The molecule has 32 heavy (non-hydrogen) atoms. The second kappa shape index (κ2) is 8.81. The molecule has 5 heterocycles. The van der Waals surface area contributed by atoms with Crippen molar-refractivity contribution in [3.05, 3.63) is 94.3 Å². The van der Waals surface area contributed by atoms with Crippen LogP contribution in [0.5, 0.6) is 0 Å². The Morgan fingerprint density at radius 1 is 1.00 bits per heavy atom. The minimum Gasteiger partial charge on any atom is -0.308 e. The molecule has 9 heteroatoms. The number of nitrogens with one attached hydrogen (secondary N) is 2. The fraction of sp³-hybridized carbons (Fsp3) is 0.174. The van der Waals surface area contributed by atoms with E-state index in [4.69, 9.17) is 4.98 Å². The number of aromatic nitrogens is 6. The van der Waals surface area contributed by atoms with Gasteiger partial charge in [0.1, 0.15) is 10.5 Å². The maximum absolute atomic E-state index is 12.8. The van der Waals surface area contributed by atoms with Gasteiger partial charge in [-0.15, -0.1) is 11.3 Å². The first-order valence-electron chi connectivity index (χ1n) is 10.2. The third kappa shape index (κ3) is 4.34. The molecule has 0 unspecified atom stereocenters. The van der Waals surface area contributed by atoms with Gasteiger partial charge in [0.15, 0.2) is 0 Å². The predicted molar refractivity (Wildman–Crippen MR) is 124 cm³/mol. The molecule has 2 N–H and O–H groups in total. The molecule has 0 saturated heterocycles. The van der Waals surface area contributed by atoms with Crippen molar-refractivity contribution in [3.8, 4) is 10.4 Å². The molecule has 0 fully saturated rings. The summed E-state index contributed by atoms with van der Waals surface area (Å²) in [6.45, 7) is 3.80. The van der Waals surface area contributed by atoms with Crippen LogP contribution in [-0.4, -0.2) is 35.0 Å². The van der Waals surface area contributed by atoms with E-state index >= 15 is 0 Å². The number of thiophene rings is 1. The molecular weight excluding hydrogens is 422 g/mol. The van der Waals surface area contributed by atoms with E-state index in [0.29, 0.717) is 35.7 Å². The summed E-state index contributed by atoms with van der Waals surface area (Å²) in [7, 11) is 0. The van der Waals surface area contributed by atoms with Crippen molar-refractivity contribution >= 4 is 21.6 Å². The summed E-state index contributed by atoms with van der Waals surface area (Å²) in [4.78, 5) is 32.2. The molecule has 5 aromatic heterocycles. The highest BCUT2D eigenvalue weighted by atomic mass is 32.1. The summed E-state index contributed by atoms with van der Waals surface area (Å²) < 4.78 is 0.621. The minimum absolute atomic E-state index is 0.120. The predicted octanol–water partition coefficient (Wildman–Crippen LogP) is 3.68. The summed E-state index contributed by atoms with van der Waals surface area (Å²) >= 11 is 1.43. The Hall–Kier alpha value is -3.69. The lowest BCUT2D eigenvalue weighted by Crippen LogP contribution is -2.25. The topological polar surface area (TPSA) is 103 Å². The summed E-state index contributed by atoms with van der Waals surface area (Å²) in [6, 6.07) is 9.90. The zero-order chi connectivity index (χ0) is 21.9. The highest BCUT2D eigenvalue weighted by Gasteiger charge is 2.15. The lowest BCUT2D eigenvalue weighted by atomic mass is 10.2. The van der Waals surface area contributed by atoms with Gasteiger partial charge in [0.25, 0.3) is 5.56 Å². The van der Waals surface area contributed by atoms with Crippen LogP contribution in [0.15, 0.2) is 66.1 Å². The van der Waals surface area contributed by atoms with Crippen molar-refractivity contribution in [1.29, 1.82) is 0 Å². The fourth-order valence-corrected chi connectivity index (χ4v) is 4.73. The van der Waals surface area contributed by atoms with E-state index in [9.17, 15) is 4.79 Å². The monoisotopic (exact) mass is 443 g/mol. The summed E-state index contributed by atoms with van der Waals surface area (Å²) in [5.41, 5.74) is 4.72. The number of H-pyrrole nitrogens is 2. The van der Waals surface area contributed by atoms with Crippen molar-refractivity contribution in [2.24, 2.45) is 0 Å². The first-order valence-corrected chi connectivity index (χ1v) is 11.0. The summed E-state index contributed by atoms with van der Waals surface area (Å²) in [6.07, 6.45) is 9.01. The maximum atomic E-state index is 12.8. The Morgan fingerprint density at radius 2 is 1.72 bits per heavy atom. The molecule has 0 saturated carbocycles. The van der Waals surface area contributed by atoms with E-state index in [-0.39, 0.29) is 5.56 Å². The smallest absolute Gasteiger partial charge is 0.268 e. The van der Waals surface area contributed by atoms with E-state index in [0.717, 1.165) is 27.3 Å². The molecule has 0 amide bonds. The molecule has 0 radical (unpaired) electrons. The van der Waals surface area contributed by atoms with Gasteiger partial charge < -0.3 is 4.98 Å². The van der Waals surface area contributed by atoms with Gasteiger partial charge in [-0.2, -0.15) is 5.10 Å². The van der Waals surface area contributed by atoms with Crippen molar-refractivity contribution < 1.29 is 0 Å². The van der Waals surface area contributed by atoms with Crippen molar-refractivity contribution in [2.75, 3.05) is 0 Å². The van der Waals surface area contributed by atoms with Gasteiger partial charge in [-0.05, 0) is 36.2 Å². The van der Waals surface area contributed by atoms with Gasteiger partial charge >= 0.3 is 0 Å². The Balaban J connectivity index is 1.46. The average molecular weight is 444 g/mol. The van der Waals surface area contributed by atoms with E-state index in [1.165, 1.54) is 11.3 Å². The van der Waals surface area contributed by atoms with Gasteiger partial charge in [-0.25, -0.2) is 4.98 Å². The molecule has 0 aliphatic heterocycles. The number of fused-ring (bicyclic) bond motifs is 1. The Kier molecular flexibility index (Phi) is 5.57. The highest BCUT2D eigenvalue weighted by molar-refractivity contribution is 7.22. The van der Waals surface area contributed by atoms with Gasteiger partial charge in [0, 0.05) is 54.0 Å². The summed E-state index contributed by atoms with van der Waals surface area (Å²) in [5.74, 6) is 0.628. The first-order chi connectivity index (χ1) is 15.7.